The van der Waals surface area contributed by atoms with Gasteiger partial charge in [0, 0.05) is 26.2 Å². The van der Waals surface area contributed by atoms with Crippen molar-refractivity contribution in [1.29, 1.82) is 0 Å². The molecule has 0 bridgehead atoms. The van der Waals surface area contributed by atoms with Gasteiger partial charge in [0.05, 0.1) is 23.6 Å². The van der Waals surface area contributed by atoms with Crippen LogP contribution in [0.1, 0.15) is 58.6 Å². The van der Waals surface area contributed by atoms with E-state index in [0.717, 1.165) is 11.1 Å². The van der Waals surface area contributed by atoms with Crippen LogP contribution in [0.3, 0.4) is 0 Å². The Bertz CT molecular complexity index is 1730. The highest BCUT2D eigenvalue weighted by molar-refractivity contribution is 7.89. The van der Waals surface area contributed by atoms with Crippen molar-refractivity contribution < 1.29 is 46.8 Å². The molecule has 0 saturated carbocycles. The maximum atomic E-state index is 14.3. The summed E-state index contributed by atoms with van der Waals surface area (Å²) in [6.45, 7) is 9.17. The number of carbonyl (C=O) groups excluding carboxylic acids is 2. The molecule has 0 aliphatic carbocycles. The SMILES string of the molecule is CNC(=O)OCCCC(C)(C)CN(C[C@@H](O)[C@H](Cc1ccc(OCc2ccccc2)cc1)NC(=O)OC(C)(C)C)S(=O)(=O)c1ccc2c(c1)OCO2. The fourth-order valence-electron chi connectivity index (χ4n) is 5.57. The predicted octanol–water partition coefficient (Wildman–Crippen LogP) is 5.64. The quantitative estimate of drug-likeness (QED) is 0.148. The minimum atomic E-state index is -4.22. The van der Waals surface area contributed by atoms with Gasteiger partial charge in [0.1, 0.15) is 18.0 Å². The van der Waals surface area contributed by atoms with Crippen LogP contribution in [0.4, 0.5) is 9.59 Å². The van der Waals surface area contributed by atoms with Crippen molar-refractivity contribution in [3.63, 3.8) is 0 Å². The van der Waals surface area contributed by atoms with Crippen LogP contribution in [0.25, 0.3) is 0 Å². The molecule has 284 valence electrons. The Morgan fingerprint density at radius 2 is 1.62 bits per heavy atom. The summed E-state index contributed by atoms with van der Waals surface area (Å²) < 4.78 is 57.2. The molecule has 2 atom stereocenters. The van der Waals surface area contributed by atoms with Crippen molar-refractivity contribution in [2.45, 2.75) is 83.1 Å². The number of alkyl carbamates (subject to hydrolysis) is 2. The molecule has 4 rings (SSSR count). The monoisotopic (exact) mass is 741 g/mol. The number of aliphatic hydroxyl groups excluding tert-OH is 1. The summed E-state index contributed by atoms with van der Waals surface area (Å²) in [6.07, 6.45) is -1.51. The summed E-state index contributed by atoms with van der Waals surface area (Å²) in [5, 5.41) is 17.0. The maximum Gasteiger partial charge on any atom is 0.407 e. The lowest BCUT2D eigenvalue weighted by Gasteiger charge is -2.35. The number of hydrogen-bond donors (Lipinski definition) is 3. The van der Waals surface area contributed by atoms with Gasteiger partial charge in [0.2, 0.25) is 16.8 Å². The number of fused-ring (bicyclic) bond motifs is 1. The Morgan fingerprint density at radius 1 is 0.923 bits per heavy atom. The van der Waals surface area contributed by atoms with Crippen molar-refractivity contribution in [2.24, 2.45) is 5.41 Å². The fraction of sp³-hybridized carbons (Fsp3) is 0.474. The number of hydrogen-bond acceptors (Lipinski definition) is 10. The Kier molecular flexibility index (Phi) is 13.8. The number of rotatable bonds is 17. The topological polar surface area (TPSA) is 162 Å². The van der Waals surface area contributed by atoms with Gasteiger partial charge in [0.25, 0.3) is 0 Å². The number of benzene rings is 3. The molecule has 0 aromatic heterocycles. The van der Waals surface area contributed by atoms with E-state index in [1.54, 1.807) is 20.8 Å². The lowest BCUT2D eigenvalue weighted by atomic mass is 9.87. The van der Waals surface area contributed by atoms with Crippen LogP contribution in [0.5, 0.6) is 17.2 Å². The zero-order valence-electron chi connectivity index (χ0n) is 30.7. The third-order valence-corrected chi connectivity index (χ3v) is 10.0. The zero-order chi connectivity index (χ0) is 37.9. The Labute approximate surface area is 306 Å². The lowest BCUT2D eigenvalue weighted by Crippen LogP contribution is -2.52. The summed E-state index contributed by atoms with van der Waals surface area (Å²) in [5.74, 6) is 1.38. The van der Waals surface area contributed by atoms with E-state index in [1.165, 1.54) is 29.6 Å². The summed E-state index contributed by atoms with van der Waals surface area (Å²) in [5.41, 5.74) is 0.377. The molecular weight excluding hydrogens is 690 g/mol. The fourth-order valence-corrected chi connectivity index (χ4v) is 7.24. The second-order valence-electron chi connectivity index (χ2n) is 14.4. The molecule has 52 heavy (non-hydrogen) atoms. The van der Waals surface area contributed by atoms with Crippen molar-refractivity contribution in [2.75, 3.05) is 33.5 Å². The van der Waals surface area contributed by atoms with Crippen molar-refractivity contribution in [3.05, 3.63) is 83.9 Å². The summed E-state index contributed by atoms with van der Waals surface area (Å²) in [6, 6.07) is 20.5. The van der Waals surface area contributed by atoms with Gasteiger partial charge in [-0.3, -0.25) is 0 Å². The standard InChI is InChI=1S/C38H51N3O10S/c1-37(2,3)51-36(44)40-31(21-27-13-15-29(16-14-27)48-24-28-11-8-7-9-12-28)32(42)23-41(25-38(4,5)19-10-20-47-35(43)39-6)52(45,46)30-17-18-33-34(22-30)50-26-49-33/h7-9,11-18,22,31-32,42H,10,19-21,23-26H2,1-6H3,(H,39,43)(H,40,44)/t31-,32+/m0/s1. The number of amides is 2. The van der Waals surface area contributed by atoms with E-state index >= 15 is 0 Å². The van der Waals surface area contributed by atoms with Crippen LogP contribution in [0.15, 0.2) is 77.7 Å². The second-order valence-corrected chi connectivity index (χ2v) is 16.3. The van der Waals surface area contributed by atoms with E-state index in [9.17, 15) is 23.1 Å². The van der Waals surface area contributed by atoms with E-state index in [1.807, 2.05) is 68.4 Å². The van der Waals surface area contributed by atoms with Crippen LogP contribution in [-0.2, 0) is 32.5 Å². The number of nitrogens with zero attached hydrogens (tertiary/aromatic N) is 1. The lowest BCUT2D eigenvalue weighted by molar-refractivity contribution is 0.0391. The van der Waals surface area contributed by atoms with Crippen molar-refractivity contribution >= 4 is 22.2 Å². The third-order valence-electron chi connectivity index (χ3n) is 8.21. The van der Waals surface area contributed by atoms with Gasteiger partial charge in [-0.1, -0.05) is 56.3 Å². The minimum absolute atomic E-state index is 0.00736. The predicted molar refractivity (Wildman–Crippen MR) is 195 cm³/mol. The third kappa shape index (κ3) is 12.3. The van der Waals surface area contributed by atoms with Crippen LogP contribution < -0.4 is 24.8 Å². The normalized spacial score (nSPS) is 14.0. The molecular formula is C38H51N3O10S. The Balaban J connectivity index is 1.57. The molecule has 0 saturated heterocycles. The summed E-state index contributed by atoms with van der Waals surface area (Å²) in [7, 11) is -2.75. The number of nitrogens with one attached hydrogen (secondary N) is 2. The van der Waals surface area contributed by atoms with E-state index in [2.05, 4.69) is 10.6 Å². The summed E-state index contributed by atoms with van der Waals surface area (Å²) in [4.78, 5) is 24.5. The molecule has 0 unspecified atom stereocenters. The molecule has 1 aliphatic heterocycles. The first kappa shape index (κ1) is 40.2. The molecule has 0 spiro atoms. The van der Waals surface area contributed by atoms with Gasteiger partial charge in [-0.15, -0.1) is 0 Å². The smallest absolute Gasteiger partial charge is 0.407 e. The highest BCUT2D eigenvalue weighted by Crippen LogP contribution is 2.36. The molecule has 3 N–H and O–H groups in total. The molecule has 0 radical (unpaired) electrons. The molecule has 3 aromatic rings. The highest BCUT2D eigenvalue weighted by atomic mass is 32.2. The minimum Gasteiger partial charge on any atom is -0.489 e. The van der Waals surface area contributed by atoms with Gasteiger partial charge in [-0.05, 0) is 80.8 Å². The van der Waals surface area contributed by atoms with Crippen LogP contribution >= 0.6 is 0 Å². The average molecular weight is 742 g/mol. The number of sulfonamides is 1. The number of ether oxygens (including phenoxy) is 5. The van der Waals surface area contributed by atoms with Crippen molar-refractivity contribution in [1.82, 2.24) is 14.9 Å². The van der Waals surface area contributed by atoms with E-state index in [0.29, 0.717) is 36.7 Å². The van der Waals surface area contributed by atoms with Crippen molar-refractivity contribution in [3.8, 4) is 17.2 Å². The Morgan fingerprint density at radius 3 is 2.29 bits per heavy atom. The van der Waals surface area contributed by atoms with Gasteiger partial charge < -0.3 is 39.4 Å². The van der Waals surface area contributed by atoms with Crippen LogP contribution in [-0.4, -0.2) is 81.3 Å². The van der Waals surface area contributed by atoms with E-state index in [-0.39, 0.29) is 37.8 Å². The van der Waals surface area contributed by atoms with Crippen LogP contribution in [0.2, 0.25) is 0 Å². The molecule has 1 aliphatic rings. The first-order valence-electron chi connectivity index (χ1n) is 17.2. The van der Waals surface area contributed by atoms with Gasteiger partial charge in [-0.25, -0.2) is 18.0 Å². The molecule has 13 nitrogen and oxygen atoms in total. The van der Waals surface area contributed by atoms with Gasteiger partial charge >= 0.3 is 12.2 Å². The second kappa shape index (κ2) is 17.8. The maximum absolute atomic E-state index is 14.3. The average Bonchev–Trinajstić information content (AvgIpc) is 3.57. The first-order valence-corrected chi connectivity index (χ1v) is 18.7. The molecule has 1 heterocycles. The first-order chi connectivity index (χ1) is 24.5. The number of carbonyl (C=O) groups is 2. The van der Waals surface area contributed by atoms with E-state index < -0.39 is 45.4 Å². The zero-order valence-corrected chi connectivity index (χ0v) is 31.5. The molecule has 14 heteroatoms. The number of aliphatic hydroxyl groups is 1. The molecule has 3 aromatic carbocycles. The molecule has 0 fully saturated rings. The summed E-state index contributed by atoms with van der Waals surface area (Å²) >= 11 is 0. The van der Waals surface area contributed by atoms with E-state index in [4.69, 9.17) is 23.7 Å². The Hall–Kier alpha value is -4.53. The highest BCUT2D eigenvalue weighted by Gasteiger charge is 2.36. The van der Waals surface area contributed by atoms with Gasteiger partial charge in [0.15, 0.2) is 11.5 Å². The largest absolute Gasteiger partial charge is 0.489 e. The molecule has 2 amide bonds. The van der Waals surface area contributed by atoms with Crippen LogP contribution in [0, 0.1) is 5.41 Å². The van der Waals surface area contributed by atoms with Gasteiger partial charge in [-0.2, -0.15) is 4.31 Å².